The first-order valence-corrected chi connectivity index (χ1v) is 6.11. The van der Waals surface area contributed by atoms with E-state index < -0.39 is 0 Å². The molecule has 1 rings (SSSR count). The number of ketones is 1. The van der Waals surface area contributed by atoms with Gasteiger partial charge in [0.2, 0.25) is 0 Å². The molecular formula is C15H21NO. The summed E-state index contributed by atoms with van der Waals surface area (Å²) in [7, 11) is 3.80. The predicted octanol–water partition coefficient (Wildman–Crippen LogP) is 3.29. The summed E-state index contributed by atoms with van der Waals surface area (Å²) in [6, 6.07) is 7.92. The van der Waals surface area contributed by atoms with E-state index in [0.29, 0.717) is 0 Å². The van der Waals surface area contributed by atoms with Crippen LogP contribution in [0.1, 0.15) is 35.7 Å². The number of allylic oxidation sites excluding steroid dienone is 1. The Kier molecular flexibility index (Phi) is 5.47. The van der Waals surface area contributed by atoms with Gasteiger partial charge in [0, 0.05) is 31.9 Å². The van der Waals surface area contributed by atoms with Crippen LogP contribution in [0.15, 0.2) is 36.5 Å². The van der Waals surface area contributed by atoms with Crippen molar-refractivity contribution < 1.29 is 4.79 Å². The maximum atomic E-state index is 11.8. The summed E-state index contributed by atoms with van der Waals surface area (Å²) >= 11 is 0. The molecule has 1 aromatic carbocycles. The number of hydrogen-bond donors (Lipinski definition) is 0. The van der Waals surface area contributed by atoms with Crippen molar-refractivity contribution in [3.05, 3.63) is 47.7 Å². The van der Waals surface area contributed by atoms with Crippen molar-refractivity contribution in [3.63, 3.8) is 0 Å². The standard InChI is InChI=1S/C15H21NO/c1-4-5-6-13-7-9-14(10-8-13)15(17)11-12-16(2)3/h7-12H,4-6H2,1-3H3/b12-11+. The Labute approximate surface area is 104 Å². The molecule has 0 bridgehead atoms. The van der Waals surface area contributed by atoms with Crippen molar-refractivity contribution in [2.24, 2.45) is 0 Å². The summed E-state index contributed by atoms with van der Waals surface area (Å²) in [5, 5.41) is 0. The minimum Gasteiger partial charge on any atom is -0.383 e. The Bertz CT molecular complexity index is 376. The molecule has 0 aliphatic heterocycles. The average Bonchev–Trinajstić information content (AvgIpc) is 2.34. The molecule has 17 heavy (non-hydrogen) atoms. The quantitative estimate of drug-likeness (QED) is 0.553. The summed E-state index contributed by atoms with van der Waals surface area (Å²) < 4.78 is 0. The predicted molar refractivity (Wildman–Crippen MR) is 72.2 cm³/mol. The van der Waals surface area contributed by atoms with E-state index >= 15 is 0 Å². The van der Waals surface area contributed by atoms with Gasteiger partial charge >= 0.3 is 0 Å². The van der Waals surface area contributed by atoms with Crippen molar-refractivity contribution in [1.29, 1.82) is 0 Å². The van der Waals surface area contributed by atoms with E-state index in [0.717, 1.165) is 12.0 Å². The lowest BCUT2D eigenvalue weighted by molar-refractivity contribution is 0.104. The van der Waals surface area contributed by atoms with E-state index in [-0.39, 0.29) is 5.78 Å². The lowest BCUT2D eigenvalue weighted by Gasteiger charge is -2.03. The van der Waals surface area contributed by atoms with Gasteiger partial charge in [-0.25, -0.2) is 0 Å². The maximum Gasteiger partial charge on any atom is 0.187 e. The van der Waals surface area contributed by atoms with Gasteiger partial charge < -0.3 is 4.90 Å². The van der Waals surface area contributed by atoms with Crippen LogP contribution in [0.3, 0.4) is 0 Å². The van der Waals surface area contributed by atoms with Gasteiger partial charge in [0.25, 0.3) is 0 Å². The molecule has 0 aromatic heterocycles. The van der Waals surface area contributed by atoms with Gasteiger partial charge in [-0.05, 0) is 18.4 Å². The molecule has 0 amide bonds. The van der Waals surface area contributed by atoms with Crippen LogP contribution in [-0.2, 0) is 6.42 Å². The smallest absolute Gasteiger partial charge is 0.187 e. The van der Waals surface area contributed by atoms with Gasteiger partial charge in [0.15, 0.2) is 5.78 Å². The minimum absolute atomic E-state index is 0.0562. The van der Waals surface area contributed by atoms with Crippen LogP contribution < -0.4 is 0 Å². The van der Waals surface area contributed by atoms with Gasteiger partial charge in [-0.15, -0.1) is 0 Å². The SMILES string of the molecule is CCCCc1ccc(C(=O)/C=C/N(C)C)cc1. The summed E-state index contributed by atoms with van der Waals surface area (Å²) in [5.41, 5.74) is 2.06. The molecule has 0 spiro atoms. The Morgan fingerprint density at radius 1 is 1.24 bits per heavy atom. The lowest BCUT2D eigenvalue weighted by atomic mass is 10.0. The number of rotatable bonds is 6. The van der Waals surface area contributed by atoms with Gasteiger partial charge in [0.1, 0.15) is 0 Å². The molecule has 0 fully saturated rings. The van der Waals surface area contributed by atoms with Crippen LogP contribution in [0, 0.1) is 0 Å². The normalized spacial score (nSPS) is 10.8. The number of benzene rings is 1. The van der Waals surface area contributed by atoms with E-state index in [2.05, 4.69) is 6.92 Å². The third kappa shape index (κ3) is 4.85. The molecule has 0 saturated carbocycles. The largest absolute Gasteiger partial charge is 0.383 e. The number of aryl methyl sites for hydroxylation is 1. The molecule has 0 heterocycles. The van der Waals surface area contributed by atoms with E-state index in [1.54, 1.807) is 12.3 Å². The molecule has 2 heteroatoms. The second-order valence-electron chi connectivity index (χ2n) is 4.44. The van der Waals surface area contributed by atoms with Gasteiger partial charge in [-0.1, -0.05) is 37.6 Å². The highest BCUT2D eigenvalue weighted by molar-refractivity contribution is 6.04. The van der Waals surface area contributed by atoms with Crippen molar-refractivity contribution in [1.82, 2.24) is 4.90 Å². The number of carbonyl (C=O) groups excluding carboxylic acids is 1. The maximum absolute atomic E-state index is 11.8. The number of unbranched alkanes of at least 4 members (excludes halogenated alkanes) is 1. The molecule has 0 aliphatic rings. The Hall–Kier alpha value is -1.57. The molecule has 92 valence electrons. The Morgan fingerprint density at radius 2 is 1.88 bits per heavy atom. The second-order valence-corrected chi connectivity index (χ2v) is 4.44. The van der Waals surface area contributed by atoms with E-state index in [9.17, 15) is 4.79 Å². The summed E-state index contributed by atoms with van der Waals surface area (Å²) in [6.07, 6.45) is 6.87. The van der Waals surface area contributed by atoms with Crippen molar-refractivity contribution in [3.8, 4) is 0 Å². The van der Waals surface area contributed by atoms with Crippen molar-refractivity contribution >= 4 is 5.78 Å². The first-order valence-electron chi connectivity index (χ1n) is 6.11. The van der Waals surface area contributed by atoms with Crippen molar-refractivity contribution in [2.45, 2.75) is 26.2 Å². The van der Waals surface area contributed by atoms with Crippen LogP contribution in [0.25, 0.3) is 0 Å². The fourth-order valence-corrected chi connectivity index (χ4v) is 1.53. The fraction of sp³-hybridized carbons (Fsp3) is 0.400. The minimum atomic E-state index is 0.0562. The summed E-state index contributed by atoms with van der Waals surface area (Å²) in [4.78, 5) is 13.6. The van der Waals surface area contributed by atoms with Crippen LogP contribution in [-0.4, -0.2) is 24.8 Å². The topological polar surface area (TPSA) is 20.3 Å². The first-order chi connectivity index (χ1) is 8.13. The van der Waals surface area contributed by atoms with Gasteiger partial charge in [-0.3, -0.25) is 4.79 Å². The highest BCUT2D eigenvalue weighted by Gasteiger charge is 2.01. The highest BCUT2D eigenvalue weighted by atomic mass is 16.1. The summed E-state index contributed by atoms with van der Waals surface area (Å²) in [6.45, 7) is 2.18. The molecule has 0 N–H and O–H groups in total. The number of carbonyl (C=O) groups is 1. The van der Waals surface area contributed by atoms with Crippen LogP contribution in [0.4, 0.5) is 0 Å². The van der Waals surface area contributed by atoms with Crippen LogP contribution in [0.5, 0.6) is 0 Å². The van der Waals surface area contributed by atoms with E-state index in [1.165, 1.54) is 18.4 Å². The number of nitrogens with zero attached hydrogens (tertiary/aromatic N) is 1. The van der Waals surface area contributed by atoms with Crippen LogP contribution in [0.2, 0.25) is 0 Å². The fourth-order valence-electron chi connectivity index (χ4n) is 1.53. The second kappa shape index (κ2) is 6.89. The van der Waals surface area contributed by atoms with E-state index in [1.807, 2.05) is 43.3 Å². The molecule has 0 radical (unpaired) electrons. The molecular weight excluding hydrogens is 210 g/mol. The molecule has 0 aliphatic carbocycles. The Morgan fingerprint density at radius 3 is 2.41 bits per heavy atom. The highest BCUT2D eigenvalue weighted by Crippen LogP contribution is 2.09. The molecule has 0 unspecified atom stereocenters. The van der Waals surface area contributed by atoms with E-state index in [4.69, 9.17) is 0 Å². The molecule has 2 nitrogen and oxygen atoms in total. The van der Waals surface area contributed by atoms with Crippen molar-refractivity contribution in [2.75, 3.05) is 14.1 Å². The third-order valence-corrected chi connectivity index (χ3v) is 2.58. The number of hydrogen-bond acceptors (Lipinski definition) is 2. The summed E-state index contributed by atoms with van der Waals surface area (Å²) in [5.74, 6) is 0.0562. The monoisotopic (exact) mass is 231 g/mol. The Balaban J connectivity index is 2.64. The van der Waals surface area contributed by atoms with Gasteiger partial charge in [-0.2, -0.15) is 0 Å². The lowest BCUT2D eigenvalue weighted by Crippen LogP contribution is -2.03. The zero-order valence-electron chi connectivity index (χ0n) is 10.9. The third-order valence-electron chi connectivity index (χ3n) is 2.58. The zero-order valence-corrected chi connectivity index (χ0v) is 10.9. The molecule has 1 aromatic rings. The van der Waals surface area contributed by atoms with Crippen LogP contribution >= 0.6 is 0 Å². The van der Waals surface area contributed by atoms with Gasteiger partial charge in [0.05, 0.1) is 0 Å². The average molecular weight is 231 g/mol. The molecule has 0 saturated heterocycles. The molecule has 0 atom stereocenters. The zero-order chi connectivity index (χ0) is 12.7. The first kappa shape index (κ1) is 13.5.